The summed E-state index contributed by atoms with van der Waals surface area (Å²) in [5.74, 6) is -0.291. The van der Waals surface area contributed by atoms with Crippen LogP contribution in [-0.2, 0) is 6.54 Å². The fourth-order valence-electron chi connectivity index (χ4n) is 3.56. The Bertz CT molecular complexity index is 768. The Morgan fingerprint density at radius 3 is 2.25 bits per heavy atom. The molecule has 150 valence electrons. The van der Waals surface area contributed by atoms with Crippen LogP contribution in [-0.4, -0.2) is 50.2 Å². The van der Waals surface area contributed by atoms with Gasteiger partial charge in [0.25, 0.3) is 0 Å². The molecule has 1 N–H and O–H groups in total. The van der Waals surface area contributed by atoms with Gasteiger partial charge in [0, 0.05) is 62.8 Å². The van der Waals surface area contributed by atoms with Crippen LogP contribution in [0.1, 0.15) is 19.4 Å². The Balaban J connectivity index is 1.50. The van der Waals surface area contributed by atoms with Crippen molar-refractivity contribution in [2.45, 2.75) is 20.4 Å². The van der Waals surface area contributed by atoms with Crippen LogP contribution in [0.4, 0.5) is 20.6 Å². The predicted molar refractivity (Wildman–Crippen MR) is 112 cm³/mol. The normalized spacial score (nSPS) is 14.1. The summed E-state index contributed by atoms with van der Waals surface area (Å²) in [6, 6.07) is 15.0. The van der Waals surface area contributed by atoms with Crippen LogP contribution in [0.2, 0.25) is 0 Å². The summed E-state index contributed by atoms with van der Waals surface area (Å²) < 4.78 is 13.7. The van der Waals surface area contributed by atoms with Crippen molar-refractivity contribution in [3.63, 3.8) is 0 Å². The molecule has 0 aliphatic carbocycles. The zero-order chi connectivity index (χ0) is 19.9. The number of halogens is 1. The minimum Gasteiger partial charge on any atom is -0.372 e. The highest BCUT2D eigenvalue weighted by atomic mass is 19.1. The maximum atomic E-state index is 13.7. The number of carbonyl (C=O) groups excluding carboxylic acids is 1. The summed E-state index contributed by atoms with van der Waals surface area (Å²) in [7, 11) is 0. The summed E-state index contributed by atoms with van der Waals surface area (Å²) in [5.41, 5.74) is 2.92. The summed E-state index contributed by atoms with van der Waals surface area (Å²) >= 11 is 0. The SMILES string of the molecule is CCN(CC)c1ccc(N2CCN(C(=O)NCc3ccccc3F)CC2)cc1. The van der Waals surface area contributed by atoms with Gasteiger partial charge in [0.2, 0.25) is 0 Å². The van der Waals surface area contributed by atoms with Gasteiger partial charge in [0.1, 0.15) is 5.82 Å². The van der Waals surface area contributed by atoms with Gasteiger partial charge < -0.3 is 20.0 Å². The van der Waals surface area contributed by atoms with E-state index in [0.717, 1.165) is 26.2 Å². The van der Waals surface area contributed by atoms with E-state index in [1.165, 1.54) is 17.4 Å². The number of benzene rings is 2. The van der Waals surface area contributed by atoms with E-state index in [-0.39, 0.29) is 18.4 Å². The lowest BCUT2D eigenvalue weighted by Gasteiger charge is -2.36. The van der Waals surface area contributed by atoms with Crippen LogP contribution in [0.3, 0.4) is 0 Å². The average Bonchev–Trinajstić information content (AvgIpc) is 2.74. The maximum Gasteiger partial charge on any atom is 0.317 e. The van der Waals surface area contributed by atoms with Crippen molar-refractivity contribution < 1.29 is 9.18 Å². The molecule has 0 unspecified atom stereocenters. The Kier molecular flexibility index (Phi) is 6.74. The first kappa shape index (κ1) is 20.0. The number of amides is 2. The molecule has 0 aromatic heterocycles. The molecule has 1 aliphatic rings. The molecule has 0 spiro atoms. The molecule has 1 fully saturated rings. The third kappa shape index (κ3) is 4.74. The van der Waals surface area contributed by atoms with Crippen molar-refractivity contribution in [2.24, 2.45) is 0 Å². The van der Waals surface area contributed by atoms with Gasteiger partial charge in [-0.25, -0.2) is 9.18 Å². The molecule has 0 atom stereocenters. The number of anilines is 2. The van der Waals surface area contributed by atoms with Crippen LogP contribution in [0.5, 0.6) is 0 Å². The second-order valence-corrected chi connectivity index (χ2v) is 6.91. The average molecular weight is 384 g/mol. The fourth-order valence-corrected chi connectivity index (χ4v) is 3.56. The number of nitrogens with zero attached hydrogens (tertiary/aromatic N) is 3. The van der Waals surface area contributed by atoms with Crippen LogP contribution in [0.15, 0.2) is 48.5 Å². The smallest absolute Gasteiger partial charge is 0.317 e. The number of urea groups is 1. The molecule has 28 heavy (non-hydrogen) atoms. The molecule has 3 rings (SSSR count). The third-order valence-corrected chi connectivity index (χ3v) is 5.30. The number of piperazine rings is 1. The van der Waals surface area contributed by atoms with Crippen molar-refractivity contribution >= 4 is 17.4 Å². The minimum atomic E-state index is -0.291. The topological polar surface area (TPSA) is 38.8 Å². The number of carbonyl (C=O) groups is 1. The van der Waals surface area contributed by atoms with Crippen molar-refractivity contribution in [3.8, 4) is 0 Å². The Hall–Kier alpha value is -2.76. The lowest BCUT2D eigenvalue weighted by atomic mass is 10.2. The second-order valence-electron chi connectivity index (χ2n) is 6.91. The molecule has 2 aromatic rings. The van der Waals surface area contributed by atoms with Gasteiger partial charge in [-0.1, -0.05) is 18.2 Å². The molecule has 0 saturated carbocycles. The Morgan fingerprint density at radius 2 is 1.64 bits per heavy atom. The summed E-state index contributed by atoms with van der Waals surface area (Å²) in [5, 5.41) is 2.82. The van der Waals surface area contributed by atoms with Gasteiger partial charge in [-0.2, -0.15) is 0 Å². The zero-order valence-electron chi connectivity index (χ0n) is 16.7. The highest BCUT2D eigenvalue weighted by molar-refractivity contribution is 5.74. The van der Waals surface area contributed by atoms with E-state index >= 15 is 0 Å². The van der Waals surface area contributed by atoms with Crippen LogP contribution < -0.4 is 15.1 Å². The van der Waals surface area contributed by atoms with Crippen LogP contribution in [0.25, 0.3) is 0 Å². The van der Waals surface area contributed by atoms with Crippen molar-refractivity contribution in [1.82, 2.24) is 10.2 Å². The minimum absolute atomic E-state index is 0.139. The van der Waals surface area contributed by atoms with Crippen molar-refractivity contribution in [2.75, 3.05) is 49.1 Å². The second kappa shape index (κ2) is 9.44. The maximum absolute atomic E-state index is 13.7. The molecule has 1 heterocycles. The predicted octanol–water partition coefficient (Wildman–Crippen LogP) is 3.70. The van der Waals surface area contributed by atoms with Gasteiger partial charge in [0.05, 0.1) is 0 Å². The standard InChI is InChI=1S/C22H29FN4O/c1-3-25(4-2)19-9-11-20(12-10-19)26-13-15-27(16-14-26)22(28)24-17-18-7-5-6-8-21(18)23/h5-12H,3-4,13-17H2,1-2H3,(H,24,28). The summed E-state index contributed by atoms with van der Waals surface area (Å²) in [6.45, 7) is 9.41. The Labute approximate surface area is 166 Å². The van der Waals surface area contributed by atoms with E-state index in [9.17, 15) is 9.18 Å². The van der Waals surface area contributed by atoms with Crippen LogP contribution in [0, 0.1) is 5.82 Å². The monoisotopic (exact) mass is 384 g/mol. The summed E-state index contributed by atoms with van der Waals surface area (Å²) in [6.07, 6.45) is 0. The zero-order valence-corrected chi connectivity index (χ0v) is 16.7. The van der Waals surface area contributed by atoms with Gasteiger partial charge >= 0.3 is 6.03 Å². The highest BCUT2D eigenvalue weighted by Crippen LogP contribution is 2.22. The Morgan fingerprint density at radius 1 is 1.00 bits per heavy atom. The molecular formula is C22H29FN4O. The van der Waals surface area contributed by atoms with Gasteiger partial charge in [-0.15, -0.1) is 0 Å². The van der Waals surface area contributed by atoms with E-state index in [2.05, 4.69) is 53.2 Å². The first-order chi connectivity index (χ1) is 13.6. The first-order valence-corrected chi connectivity index (χ1v) is 9.98. The molecule has 5 nitrogen and oxygen atoms in total. The lowest BCUT2D eigenvalue weighted by molar-refractivity contribution is 0.194. The number of hydrogen-bond acceptors (Lipinski definition) is 3. The van der Waals surface area contributed by atoms with Gasteiger partial charge in [-0.05, 0) is 44.2 Å². The molecule has 1 aliphatic heterocycles. The molecule has 0 radical (unpaired) electrons. The largest absolute Gasteiger partial charge is 0.372 e. The molecular weight excluding hydrogens is 355 g/mol. The fraction of sp³-hybridized carbons (Fsp3) is 0.409. The van der Waals surface area contributed by atoms with E-state index in [1.807, 2.05) is 0 Å². The highest BCUT2D eigenvalue weighted by Gasteiger charge is 2.21. The van der Waals surface area contributed by atoms with E-state index in [4.69, 9.17) is 0 Å². The van der Waals surface area contributed by atoms with Gasteiger partial charge in [0.15, 0.2) is 0 Å². The van der Waals surface area contributed by atoms with Crippen molar-refractivity contribution in [3.05, 3.63) is 59.9 Å². The van der Waals surface area contributed by atoms with E-state index in [0.29, 0.717) is 18.7 Å². The quantitative estimate of drug-likeness (QED) is 0.825. The van der Waals surface area contributed by atoms with E-state index in [1.54, 1.807) is 23.1 Å². The number of rotatable bonds is 6. The van der Waals surface area contributed by atoms with Gasteiger partial charge in [-0.3, -0.25) is 0 Å². The molecule has 6 heteroatoms. The molecule has 2 amide bonds. The number of hydrogen-bond donors (Lipinski definition) is 1. The third-order valence-electron chi connectivity index (χ3n) is 5.30. The summed E-state index contributed by atoms with van der Waals surface area (Å²) in [4.78, 5) is 18.8. The van der Waals surface area contributed by atoms with Crippen molar-refractivity contribution in [1.29, 1.82) is 0 Å². The lowest BCUT2D eigenvalue weighted by Crippen LogP contribution is -2.51. The number of nitrogens with one attached hydrogen (secondary N) is 1. The molecule has 1 saturated heterocycles. The first-order valence-electron chi connectivity index (χ1n) is 9.98. The molecule has 2 aromatic carbocycles. The molecule has 0 bridgehead atoms. The van der Waals surface area contributed by atoms with E-state index < -0.39 is 0 Å². The van der Waals surface area contributed by atoms with Crippen LogP contribution >= 0.6 is 0 Å².